The number of aromatic nitrogens is 2. The molecule has 2 aromatic heterocycles. The third-order valence-electron chi connectivity index (χ3n) is 4.61. The number of hydrogen-bond donors (Lipinski definition) is 1. The number of aromatic amines is 1. The number of pyridine rings is 1. The summed E-state index contributed by atoms with van der Waals surface area (Å²) in [4.78, 5) is 3.57. The molecular weight excluding hydrogens is 340 g/mol. The number of benzene rings is 2. The van der Waals surface area contributed by atoms with Crippen molar-refractivity contribution in [3.8, 4) is 0 Å². The van der Waals surface area contributed by atoms with Gasteiger partial charge in [0, 0.05) is 34.0 Å². The monoisotopic (exact) mass is 358 g/mol. The summed E-state index contributed by atoms with van der Waals surface area (Å²) in [5.41, 5.74) is 4.93. The second-order valence-electron chi connectivity index (χ2n) is 6.16. The first kappa shape index (κ1) is 16.9. The van der Waals surface area contributed by atoms with Crippen LogP contribution in [0.15, 0.2) is 42.7 Å². The first-order valence-electron chi connectivity index (χ1n) is 7.68. The molecule has 1 atom stereocenters. The minimum absolute atomic E-state index is 0. The zero-order valence-electron chi connectivity index (χ0n) is 13.9. The van der Waals surface area contributed by atoms with Gasteiger partial charge in [0.1, 0.15) is 0 Å². The fraction of sp³-hybridized carbons (Fsp3) is 0.211. The van der Waals surface area contributed by atoms with Crippen LogP contribution in [0.1, 0.15) is 11.1 Å². The van der Waals surface area contributed by atoms with Crippen LogP contribution in [-0.4, -0.2) is 15.4 Å². The van der Waals surface area contributed by atoms with Crippen LogP contribution in [0.4, 0.5) is 0 Å². The molecule has 0 spiro atoms. The minimum atomic E-state index is -0.856. The summed E-state index contributed by atoms with van der Waals surface area (Å²) in [5, 5.41) is 5.04. The van der Waals surface area contributed by atoms with Gasteiger partial charge in [-0.05, 0) is 36.4 Å². The predicted octanol–water partition coefficient (Wildman–Crippen LogP) is 0.719. The number of para-hydroxylation sites is 1. The van der Waals surface area contributed by atoms with E-state index in [9.17, 15) is 4.21 Å². The molecule has 0 radical (unpaired) electrons. The van der Waals surface area contributed by atoms with Crippen molar-refractivity contribution in [2.45, 2.75) is 19.7 Å². The molecule has 124 valence electrons. The lowest BCUT2D eigenvalue weighted by molar-refractivity contribution is -0.675. The number of aryl methyl sites for hydroxylation is 2. The average Bonchev–Trinajstić information content (AvgIpc) is 2.92. The number of nitrogens with one attached hydrogen (secondary N) is 1. The van der Waals surface area contributed by atoms with Crippen molar-refractivity contribution in [1.82, 2.24) is 4.98 Å². The highest BCUT2D eigenvalue weighted by atomic mass is 35.5. The maximum Gasteiger partial charge on any atom is 0.222 e. The van der Waals surface area contributed by atoms with E-state index in [-0.39, 0.29) is 12.4 Å². The second kappa shape index (κ2) is 6.19. The Balaban J connectivity index is 0.00000169. The second-order valence-corrected chi connectivity index (χ2v) is 7.56. The van der Waals surface area contributed by atoms with E-state index in [1.165, 1.54) is 43.7 Å². The molecule has 0 saturated carbocycles. The Morgan fingerprint density at radius 2 is 1.79 bits per heavy atom. The van der Waals surface area contributed by atoms with Crippen LogP contribution in [0.25, 0.3) is 32.6 Å². The standard InChI is InChI=1S/C19H18N2OS.ClH/c1-12-16-10-21(11-23(3)22)9-8-14(16)13(2)19-18(12)15-6-4-5-7-17(15)20-19;/h4-10H,11H2,1-3H3;1H. The number of hydrogen-bond acceptors (Lipinski definition) is 1. The summed E-state index contributed by atoms with van der Waals surface area (Å²) in [6.07, 6.45) is 5.88. The third kappa shape index (κ3) is 2.50. The molecule has 0 amide bonds. The van der Waals surface area contributed by atoms with Gasteiger partial charge in [0.15, 0.2) is 12.4 Å². The van der Waals surface area contributed by atoms with E-state index in [1.807, 2.05) is 10.8 Å². The Hall–Kier alpha value is -1.91. The summed E-state index contributed by atoms with van der Waals surface area (Å²) in [6.45, 7) is 4.35. The molecule has 1 N–H and O–H groups in total. The van der Waals surface area contributed by atoms with Gasteiger partial charge in [-0.2, -0.15) is 4.57 Å². The summed E-state index contributed by atoms with van der Waals surface area (Å²) >= 11 is 0. The Morgan fingerprint density at radius 3 is 2.54 bits per heavy atom. The molecule has 0 aliphatic rings. The van der Waals surface area contributed by atoms with Gasteiger partial charge in [0.2, 0.25) is 5.88 Å². The van der Waals surface area contributed by atoms with Gasteiger partial charge in [-0.1, -0.05) is 18.2 Å². The molecule has 3 nitrogen and oxygen atoms in total. The van der Waals surface area contributed by atoms with E-state index in [0.29, 0.717) is 5.88 Å². The highest BCUT2D eigenvalue weighted by molar-refractivity contribution is 7.83. The lowest BCUT2D eigenvalue weighted by atomic mass is 9.97. The number of nitrogens with zero attached hydrogens (tertiary/aromatic N) is 1. The molecule has 5 heteroatoms. The Labute approximate surface area is 149 Å². The number of fused-ring (bicyclic) bond motifs is 4. The van der Waals surface area contributed by atoms with E-state index in [2.05, 4.69) is 55.4 Å². The summed E-state index contributed by atoms with van der Waals surface area (Å²) in [5.74, 6) is 0.528. The minimum Gasteiger partial charge on any atom is -1.00 e. The van der Waals surface area contributed by atoms with Crippen molar-refractivity contribution in [1.29, 1.82) is 0 Å². The molecule has 0 saturated heterocycles. The Bertz CT molecular complexity index is 1100. The van der Waals surface area contributed by atoms with Crippen LogP contribution in [-0.2, 0) is 16.7 Å². The van der Waals surface area contributed by atoms with Gasteiger partial charge >= 0.3 is 0 Å². The lowest BCUT2D eigenvalue weighted by Crippen LogP contribution is -3.00. The lowest BCUT2D eigenvalue weighted by Gasteiger charge is -2.08. The number of halogens is 1. The van der Waals surface area contributed by atoms with Crippen molar-refractivity contribution in [3.63, 3.8) is 0 Å². The molecule has 2 aromatic carbocycles. The van der Waals surface area contributed by atoms with Crippen molar-refractivity contribution in [3.05, 3.63) is 53.9 Å². The summed E-state index contributed by atoms with van der Waals surface area (Å²) < 4.78 is 13.6. The predicted molar refractivity (Wildman–Crippen MR) is 97.0 cm³/mol. The van der Waals surface area contributed by atoms with Gasteiger partial charge in [-0.15, -0.1) is 0 Å². The molecule has 4 rings (SSSR count). The topological polar surface area (TPSA) is 36.7 Å². The van der Waals surface area contributed by atoms with Crippen molar-refractivity contribution in [2.75, 3.05) is 6.26 Å². The van der Waals surface area contributed by atoms with Gasteiger partial charge in [0.25, 0.3) is 0 Å². The number of H-pyrrole nitrogens is 1. The fourth-order valence-corrected chi connectivity index (χ4v) is 4.12. The average molecular weight is 359 g/mol. The van der Waals surface area contributed by atoms with E-state index in [1.54, 1.807) is 6.26 Å². The van der Waals surface area contributed by atoms with Gasteiger partial charge in [-0.25, -0.2) is 0 Å². The van der Waals surface area contributed by atoms with Crippen LogP contribution in [0, 0.1) is 13.8 Å². The van der Waals surface area contributed by atoms with E-state index in [0.717, 1.165) is 0 Å². The van der Waals surface area contributed by atoms with Crippen molar-refractivity contribution in [2.24, 2.45) is 0 Å². The van der Waals surface area contributed by atoms with Crippen LogP contribution in [0.2, 0.25) is 0 Å². The third-order valence-corrected chi connectivity index (χ3v) is 5.27. The molecule has 0 bridgehead atoms. The molecule has 0 aliphatic heterocycles. The van der Waals surface area contributed by atoms with E-state index in [4.69, 9.17) is 0 Å². The Morgan fingerprint density at radius 1 is 1.04 bits per heavy atom. The highest BCUT2D eigenvalue weighted by Crippen LogP contribution is 2.35. The molecule has 2 heterocycles. The zero-order chi connectivity index (χ0) is 16.1. The number of rotatable bonds is 2. The largest absolute Gasteiger partial charge is 1.00 e. The highest BCUT2D eigenvalue weighted by Gasteiger charge is 2.16. The van der Waals surface area contributed by atoms with Crippen LogP contribution in [0.3, 0.4) is 0 Å². The molecule has 1 unspecified atom stereocenters. The summed E-state index contributed by atoms with van der Waals surface area (Å²) in [6, 6.07) is 10.6. The normalized spacial score (nSPS) is 12.6. The SMILES string of the molecule is Cc1c2cc[n+](CS(C)=O)cc2c(C)c2c1[nH]c1ccccc12.[Cl-]. The van der Waals surface area contributed by atoms with E-state index < -0.39 is 10.8 Å². The maximum absolute atomic E-state index is 11.5. The first-order chi connectivity index (χ1) is 11.1. The maximum atomic E-state index is 11.5. The molecule has 0 fully saturated rings. The molecule has 4 aromatic rings. The molecular formula is C19H19ClN2OS. The first-order valence-corrected chi connectivity index (χ1v) is 9.41. The van der Waals surface area contributed by atoms with Crippen LogP contribution >= 0.6 is 0 Å². The van der Waals surface area contributed by atoms with E-state index >= 15 is 0 Å². The van der Waals surface area contributed by atoms with Gasteiger partial charge in [-0.3, -0.25) is 4.21 Å². The summed E-state index contributed by atoms with van der Waals surface area (Å²) in [7, 11) is -0.856. The fourth-order valence-electron chi connectivity index (χ4n) is 3.54. The molecule has 0 aliphatic carbocycles. The Kier molecular flexibility index (Phi) is 4.37. The quantitative estimate of drug-likeness (QED) is 0.527. The smallest absolute Gasteiger partial charge is 0.222 e. The van der Waals surface area contributed by atoms with Crippen molar-refractivity contribution < 1.29 is 21.2 Å². The zero-order valence-corrected chi connectivity index (χ0v) is 15.5. The van der Waals surface area contributed by atoms with Crippen LogP contribution in [0.5, 0.6) is 0 Å². The van der Waals surface area contributed by atoms with Crippen LogP contribution < -0.4 is 17.0 Å². The van der Waals surface area contributed by atoms with Crippen molar-refractivity contribution >= 4 is 43.4 Å². The van der Waals surface area contributed by atoms with Gasteiger partial charge in [0.05, 0.1) is 16.3 Å². The molecule has 24 heavy (non-hydrogen) atoms. The van der Waals surface area contributed by atoms with Gasteiger partial charge < -0.3 is 17.4 Å².